The fourth-order valence-corrected chi connectivity index (χ4v) is 3.32. The van der Waals surface area contributed by atoms with Crippen molar-refractivity contribution in [3.63, 3.8) is 0 Å². The summed E-state index contributed by atoms with van der Waals surface area (Å²) in [6.07, 6.45) is 4.00. The smallest absolute Gasteiger partial charge is 0.259 e. The molecule has 0 spiro atoms. The number of β-amino-alcohol motifs (C(OH)–C–C–N with tert-alkyl or cyclic N) is 1. The van der Waals surface area contributed by atoms with Crippen LogP contribution in [-0.2, 0) is 5.60 Å². The third-order valence-electron chi connectivity index (χ3n) is 4.78. The summed E-state index contributed by atoms with van der Waals surface area (Å²) < 4.78 is 1.54. The summed E-state index contributed by atoms with van der Waals surface area (Å²) in [5.74, 6) is -0.247. The summed E-state index contributed by atoms with van der Waals surface area (Å²) in [5, 5.41) is 25.6. The zero-order valence-electron chi connectivity index (χ0n) is 13.5. The van der Waals surface area contributed by atoms with Crippen molar-refractivity contribution in [2.75, 3.05) is 13.1 Å². The second-order valence-corrected chi connectivity index (χ2v) is 6.25. The molecular formula is C18H18N4O3. The van der Waals surface area contributed by atoms with Crippen LogP contribution in [0.4, 0.5) is 0 Å². The zero-order chi connectivity index (χ0) is 17.4. The topological polar surface area (TPSA) is 91.0 Å². The Morgan fingerprint density at radius 2 is 2.04 bits per heavy atom. The van der Waals surface area contributed by atoms with E-state index in [0.29, 0.717) is 23.3 Å². The van der Waals surface area contributed by atoms with Gasteiger partial charge in [-0.3, -0.25) is 4.79 Å². The lowest BCUT2D eigenvalue weighted by atomic mass is 9.82. The third kappa shape index (κ3) is 2.57. The molecule has 1 aromatic carbocycles. The molecule has 7 nitrogen and oxygen atoms in total. The molecule has 2 atom stereocenters. The van der Waals surface area contributed by atoms with Crippen molar-refractivity contribution in [3.8, 4) is 0 Å². The van der Waals surface area contributed by atoms with Gasteiger partial charge in [0.2, 0.25) is 0 Å². The number of carbonyl (C=O) groups is 1. The largest absolute Gasteiger partial charge is 0.388 e. The Morgan fingerprint density at radius 3 is 2.80 bits per heavy atom. The van der Waals surface area contributed by atoms with Gasteiger partial charge in [-0.1, -0.05) is 30.3 Å². The maximum Gasteiger partial charge on any atom is 0.259 e. The molecule has 7 heteroatoms. The van der Waals surface area contributed by atoms with Crippen LogP contribution in [0.25, 0.3) is 5.65 Å². The van der Waals surface area contributed by atoms with Crippen LogP contribution >= 0.6 is 0 Å². The van der Waals surface area contributed by atoms with Crippen LogP contribution in [0.15, 0.2) is 55.0 Å². The van der Waals surface area contributed by atoms with Gasteiger partial charge in [0.1, 0.15) is 17.3 Å². The van der Waals surface area contributed by atoms with Crippen LogP contribution in [0.3, 0.4) is 0 Å². The number of aromatic nitrogens is 3. The zero-order valence-corrected chi connectivity index (χ0v) is 13.5. The summed E-state index contributed by atoms with van der Waals surface area (Å²) in [5.41, 5.74) is 0.174. The average molecular weight is 338 g/mol. The van der Waals surface area contributed by atoms with Gasteiger partial charge in [-0.15, -0.1) is 0 Å². The van der Waals surface area contributed by atoms with Gasteiger partial charge in [-0.25, -0.2) is 9.50 Å². The molecule has 1 aliphatic heterocycles. The van der Waals surface area contributed by atoms with Gasteiger partial charge in [0, 0.05) is 25.4 Å². The number of amides is 1. The molecule has 2 aromatic heterocycles. The fraction of sp³-hybridized carbons (Fsp3) is 0.278. The fourth-order valence-electron chi connectivity index (χ4n) is 3.32. The minimum Gasteiger partial charge on any atom is -0.388 e. The SMILES string of the molecule is O=C(c1cnn2cccnc12)N1CC[C@](O)(c2ccccc2)[C@@H](O)C1. The maximum absolute atomic E-state index is 12.8. The molecule has 128 valence electrons. The minimum atomic E-state index is -1.35. The van der Waals surface area contributed by atoms with Crippen molar-refractivity contribution in [2.24, 2.45) is 0 Å². The van der Waals surface area contributed by atoms with Gasteiger partial charge in [-0.2, -0.15) is 5.10 Å². The Balaban J connectivity index is 1.57. The normalized spacial score (nSPS) is 23.8. The Kier molecular flexibility index (Phi) is 3.74. The highest BCUT2D eigenvalue weighted by atomic mass is 16.3. The van der Waals surface area contributed by atoms with Crippen LogP contribution in [0.5, 0.6) is 0 Å². The number of benzene rings is 1. The van der Waals surface area contributed by atoms with Crippen LogP contribution in [0.1, 0.15) is 22.3 Å². The molecule has 0 aliphatic carbocycles. The first-order valence-corrected chi connectivity index (χ1v) is 8.13. The van der Waals surface area contributed by atoms with Crippen molar-refractivity contribution in [2.45, 2.75) is 18.1 Å². The van der Waals surface area contributed by atoms with E-state index in [0.717, 1.165) is 0 Å². The van der Waals surface area contributed by atoms with Crippen molar-refractivity contribution in [3.05, 3.63) is 66.1 Å². The van der Waals surface area contributed by atoms with E-state index in [1.165, 1.54) is 15.6 Å². The molecule has 2 N–H and O–H groups in total. The van der Waals surface area contributed by atoms with E-state index >= 15 is 0 Å². The second kappa shape index (κ2) is 5.94. The molecule has 1 amide bonds. The van der Waals surface area contributed by atoms with Crippen molar-refractivity contribution in [1.29, 1.82) is 0 Å². The quantitative estimate of drug-likeness (QED) is 0.722. The summed E-state index contributed by atoms with van der Waals surface area (Å²) in [7, 11) is 0. The average Bonchev–Trinajstić information content (AvgIpc) is 3.08. The van der Waals surface area contributed by atoms with Crippen molar-refractivity contribution >= 4 is 11.6 Å². The van der Waals surface area contributed by atoms with E-state index in [2.05, 4.69) is 10.1 Å². The highest BCUT2D eigenvalue weighted by Gasteiger charge is 2.43. The number of hydrogen-bond acceptors (Lipinski definition) is 5. The Labute approximate surface area is 144 Å². The number of hydrogen-bond donors (Lipinski definition) is 2. The van der Waals surface area contributed by atoms with E-state index < -0.39 is 11.7 Å². The summed E-state index contributed by atoms with van der Waals surface area (Å²) in [6, 6.07) is 10.8. The molecule has 3 aromatic rings. The van der Waals surface area contributed by atoms with Gasteiger partial charge >= 0.3 is 0 Å². The Hall–Kier alpha value is -2.77. The molecule has 3 heterocycles. The number of likely N-dealkylation sites (tertiary alicyclic amines) is 1. The lowest BCUT2D eigenvalue weighted by Crippen LogP contribution is -2.55. The molecule has 0 saturated carbocycles. The van der Waals surface area contributed by atoms with Gasteiger partial charge in [0.15, 0.2) is 5.65 Å². The monoisotopic (exact) mass is 338 g/mol. The number of piperidine rings is 1. The molecule has 0 bridgehead atoms. The first-order chi connectivity index (χ1) is 12.1. The molecule has 0 radical (unpaired) electrons. The number of nitrogens with zero attached hydrogens (tertiary/aromatic N) is 4. The molecule has 0 unspecified atom stereocenters. The van der Waals surface area contributed by atoms with Crippen molar-refractivity contribution < 1.29 is 15.0 Å². The van der Waals surface area contributed by atoms with Crippen LogP contribution in [0.2, 0.25) is 0 Å². The Morgan fingerprint density at radius 1 is 1.24 bits per heavy atom. The van der Waals surface area contributed by atoms with E-state index in [1.54, 1.807) is 30.6 Å². The number of fused-ring (bicyclic) bond motifs is 1. The van der Waals surface area contributed by atoms with Crippen LogP contribution in [0, 0.1) is 0 Å². The lowest BCUT2D eigenvalue weighted by Gasteiger charge is -2.42. The van der Waals surface area contributed by atoms with E-state index in [4.69, 9.17) is 0 Å². The molecule has 25 heavy (non-hydrogen) atoms. The molecule has 1 fully saturated rings. The van der Waals surface area contributed by atoms with Crippen LogP contribution in [-0.4, -0.2) is 54.8 Å². The number of aliphatic hydroxyl groups is 2. The summed E-state index contributed by atoms with van der Waals surface area (Å²) in [6.45, 7) is 0.389. The minimum absolute atomic E-state index is 0.0500. The highest BCUT2D eigenvalue weighted by Crippen LogP contribution is 2.33. The second-order valence-electron chi connectivity index (χ2n) is 6.25. The molecule has 4 rings (SSSR count). The summed E-state index contributed by atoms with van der Waals surface area (Å²) in [4.78, 5) is 18.5. The number of aliphatic hydroxyl groups excluding tert-OH is 1. The predicted octanol–water partition coefficient (Wildman–Crippen LogP) is 0.824. The van der Waals surface area contributed by atoms with E-state index in [-0.39, 0.29) is 18.9 Å². The van der Waals surface area contributed by atoms with E-state index in [9.17, 15) is 15.0 Å². The van der Waals surface area contributed by atoms with Crippen molar-refractivity contribution in [1.82, 2.24) is 19.5 Å². The molecule has 1 saturated heterocycles. The molecular weight excluding hydrogens is 320 g/mol. The van der Waals surface area contributed by atoms with Gasteiger partial charge in [0.05, 0.1) is 12.7 Å². The molecule has 1 aliphatic rings. The first-order valence-electron chi connectivity index (χ1n) is 8.13. The summed E-state index contributed by atoms with van der Waals surface area (Å²) >= 11 is 0. The van der Waals surface area contributed by atoms with Gasteiger partial charge in [0.25, 0.3) is 5.91 Å². The van der Waals surface area contributed by atoms with Crippen LogP contribution < -0.4 is 0 Å². The standard InChI is InChI=1S/C18H18N4O3/c23-15-12-21(10-7-18(15,25)13-5-2-1-3-6-13)17(24)14-11-20-22-9-4-8-19-16(14)22/h1-6,8-9,11,15,23,25H,7,10,12H2/t15-,18-/m0/s1. The number of carbonyl (C=O) groups excluding carboxylic acids is 1. The maximum atomic E-state index is 12.8. The first kappa shape index (κ1) is 15.7. The highest BCUT2D eigenvalue weighted by molar-refractivity contribution is 5.99. The predicted molar refractivity (Wildman–Crippen MR) is 89.9 cm³/mol. The number of rotatable bonds is 2. The van der Waals surface area contributed by atoms with E-state index in [1.807, 2.05) is 18.2 Å². The van der Waals surface area contributed by atoms with Gasteiger partial charge in [-0.05, 0) is 11.6 Å². The Bertz CT molecular complexity index is 911. The lowest BCUT2D eigenvalue weighted by molar-refractivity contribution is -0.118. The van der Waals surface area contributed by atoms with Gasteiger partial charge < -0.3 is 15.1 Å². The third-order valence-corrected chi connectivity index (χ3v) is 4.78.